The molecule has 1 aliphatic heterocycles. The third-order valence-corrected chi connectivity index (χ3v) is 3.83. The molecule has 0 aliphatic carbocycles. The maximum absolute atomic E-state index is 2.37. The Balaban J connectivity index is 2.67. The summed E-state index contributed by atoms with van der Waals surface area (Å²) in [5.74, 6) is 0. The Morgan fingerprint density at radius 2 is 1.05 bits per heavy atom. The van der Waals surface area contributed by atoms with Crippen molar-refractivity contribution in [2.24, 2.45) is 0 Å². The van der Waals surface area contributed by atoms with Crippen LogP contribution >= 0.6 is 0 Å². The molecule has 0 saturated carbocycles. The molecular formula is C13H29B3N3. The molecule has 1 saturated heterocycles. The van der Waals surface area contributed by atoms with E-state index in [1.165, 1.54) is 25.7 Å². The van der Waals surface area contributed by atoms with Crippen molar-refractivity contribution in [3.05, 3.63) is 0 Å². The van der Waals surface area contributed by atoms with Crippen LogP contribution in [0.4, 0.5) is 0 Å². The standard InChI is InChI=1S/C13H29B3N3/c1-7-9-12(5)18-14-17(11(3)4)15-19(16-18)13(6)10-8-2/h11-13H,7-10H2,1-6H3. The van der Waals surface area contributed by atoms with Crippen molar-refractivity contribution in [3.63, 3.8) is 0 Å². The normalized spacial score (nSPS) is 21.6. The van der Waals surface area contributed by atoms with Crippen LogP contribution in [-0.2, 0) is 0 Å². The van der Waals surface area contributed by atoms with Crippen LogP contribution < -0.4 is 0 Å². The number of rotatable bonds is 7. The minimum atomic E-state index is 0.501. The van der Waals surface area contributed by atoms with Crippen molar-refractivity contribution in [2.75, 3.05) is 0 Å². The average molecular weight is 260 g/mol. The highest BCUT2D eigenvalue weighted by Crippen LogP contribution is 2.15. The van der Waals surface area contributed by atoms with Crippen LogP contribution in [0.1, 0.15) is 67.2 Å². The second kappa shape index (κ2) is 8.38. The van der Waals surface area contributed by atoms with Gasteiger partial charge in [0.2, 0.25) is 0 Å². The molecule has 0 aromatic rings. The molecule has 1 fully saturated rings. The van der Waals surface area contributed by atoms with Gasteiger partial charge in [0.25, 0.3) is 22.6 Å². The quantitative estimate of drug-likeness (QED) is 0.650. The molecule has 0 aromatic carbocycles. The predicted octanol–water partition coefficient (Wildman–Crippen LogP) is 2.29. The van der Waals surface area contributed by atoms with Crippen molar-refractivity contribution in [2.45, 2.75) is 85.4 Å². The Bertz CT molecular complexity index is 233. The zero-order chi connectivity index (χ0) is 14.4. The van der Waals surface area contributed by atoms with Crippen LogP contribution in [0.5, 0.6) is 0 Å². The summed E-state index contributed by atoms with van der Waals surface area (Å²) in [5.41, 5.74) is 0. The molecule has 0 spiro atoms. The fourth-order valence-electron chi connectivity index (χ4n) is 2.41. The molecule has 3 nitrogen and oxygen atoms in total. The number of nitrogens with zero attached hydrogens (tertiary/aromatic N) is 3. The van der Waals surface area contributed by atoms with E-state index in [9.17, 15) is 0 Å². The van der Waals surface area contributed by atoms with Crippen LogP contribution in [0.2, 0.25) is 0 Å². The maximum Gasteiger partial charge on any atom is 0.290 e. The lowest BCUT2D eigenvalue weighted by molar-refractivity contribution is 0.348. The molecule has 19 heavy (non-hydrogen) atoms. The van der Waals surface area contributed by atoms with Gasteiger partial charge in [-0.25, -0.2) is 0 Å². The van der Waals surface area contributed by atoms with Crippen molar-refractivity contribution in [3.8, 4) is 0 Å². The summed E-state index contributed by atoms with van der Waals surface area (Å²) in [6.45, 7) is 13.6. The fourth-order valence-corrected chi connectivity index (χ4v) is 2.41. The van der Waals surface area contributed by atoms with Gasteiger partial charge in [0, 0.05) is 0 Å². The Labute approximate surface area is 122 Å². The lowest BCUT2D eigenvalue weighted by Crippen LogP contribution is -2.66. The molecule has 0 N–H and O–H groups in total. The number of hydrogen-bond donors (Lipinski definition) is 0. The van der Waals surface area contributed by atoms with E-state index < -0.39 is 0 Å². The summed E-state index contributed by atoms with van der Waals surface area (Å²) in [4.78, 5) is 0. The lowest BCUT2D eigenvalue weighted by atomic mass is 9.70. The first-order valence-corrected chi connectivity index (χ1v) is 7.86. The van der Waals surface area contributed by atoms with E-state index in [2.05, 4.69) is 78.4 Å². The highest BCUT2D eigenvalue weighted by Gasteiger charge is 2.33. The molecule has 1 aliphatic rings. The average Bonchev–Trinajstić information content (AvgIpc) is 2.38. The molecule has 2 atom stereocenters. The van der Waals surface area contributed by atoms with Gasteiger partial charge in [0.05, 0.1) is 0 Å². The van der Waals surface area contributed by atoms with Gasteiger partial charge in [0.15, 0.2) is 0 Å². The van der Waals surface area contributed by atoms with Gasteiger partial charge in [-0.15, -0.1) is 0 Å². The Kier molecular flexibility index (Phi) is 7.56. The van der Waals surface area contributed by atoms with Gasteiger partial charge in [-0.2, -0.15) is 0 Å². The van der Waals surface area contributed by atoms with E-state index >= 15 is 0 Å². The largest absolute Gasteiger partial charge is 0.363 e. The van der Waals surface area contributed by atoms with E-state index in [0.717, 1.165) is 0 Å². The molecule has 0 aromatic heterocycles. The van der Waals surface area contributed by atoms with E-state index in [1.807, 2.05) is 0 Å². The molecule has 105 valence electrons. The SMILES string of the molecule is CCCC(C)N1[B]N(C(C)C)[B]N(C(C)CCC)[B]1. The smallest absolute Gasteiger partial charge is 0.290 e. The van der Waals surface area contributed by atoms with Gasteiger partial charge in [-0.3, -0.25) is 0 Å². The van der Waals surface area contributed by atoms with Gasteiger partial charge >= 0.3 is 0 Å². The van der Waals surface area contributed by atoms with Crippen LogP contribution in [0, 0.1) is 0 Å². The van der Waals surface area contributed by atoms with Gasteiger partial charge in [0.1, 0.15) is 0 Å². The van der Waals surface area contributed by atoms with Crippen LogP contribution in [0.25, 0.3) is 0 Å². The van der Waals surface area contributed by atoms with Crippen molar-refractivity contribution < 1.29 is 0 Å². The summed E-state index contributed by atoms with van der Waals surface area (Å²) < 4.78 is 7.06. The molecule has 0 bridgehead atoms. The third-order valence-electron chi connectivity index (χ3n) is 3.83. The fraction of sp³-hybridized carbons (Fsp3) is 1.00. The van der Waals surface area contributed by atoms with E-state index in [4.69, 9.17) is 0 Å². The Hall–Kier alpha value is 0.0748. The highest BCUT2D eigenvalue weighted by atomic mass is 15.3. The third kappa shape index (κ3) is 5.16. The van der Waals surface area contributed by atoms with Crippen molar-refractivity contribution >= 4 is 22.6 Å². The summed E-state index contributed by atoms with van der Waals surface area (Å²) >= 11 is 0. The minimum absolute atomic E-state index is 0.501. The van der Waals surface area contributed by atoms with Crippen LogP contribution in [0.15, 0.2) is 0 Å². The summed E-state index contributed by atoms with van der Waals surface area (Å²) in [6, 6.07) is 1.63. The van der Waals surface area contributed by atoms with Gasteiger partial charge in [-0.1, -0.05) is 54.4 Å². The van der Waals surface area contributed by atoms with Crippen LogP contribution in [0.3, 0.4) is 0 Å². The summed E-state index contributed by atoms with van der Waals surface area (Å²) in [5, 5.41) is 0. The van der Waals surface area contributed by atoms with Crippen molar-refractivity contribution in [1.29, 1.82) is 0 Å². The zero-order valence-electron chi connectivity index (χ0n) is 13.6. The number of hydrogen-bond acceptors (Lipinski definition) is 3. The van der Waals surface area contributed by atoms with E-state index in [-0.39, 0.29) is 0 Å². The highest BCUT2D eigenvalue weighted by molar-refractivity contribution is 6.65. The molecule has 1 heterocycles. The molecule has 3 radical (unpaired) electrons. The molecule has 6 heteroatoms. The Morgan fingerprint density at radius 3 is 1.37 bits per heavy atom. The van der Waals surface area contributed by atoms with E-state index in [0.29, 0.717) is 18.1 Å². The topological polar surface area (TPSA) is 9.72 Å². The lowest BCUT2D eigenvalue weighted by Gasteiger charge is -2.46. The molecule has 2 unspecified atom stereocenters. The first-order chi connectivity index (χ1) is 8.99. The maximum atomic E-state index is 2.37. The first-order valence-electron chi connectivity index (χ1n) is 7.86. The van der Waals surface area contributed by atoms with E-state index in [1.54, 1.807) is 0 Å². The zero-order valence-corrected chi connectivity index (χ0v) is 13.6. The van der Waals surface area contributed by atoms with Crippen LogP contribution in [-0.4, -0.2) is 54.9 Å². The molecule has 1 rings (SSSR count). The second-order valence-electron chi connectivity index (χ2n) is 6.06. The predicted molar refractivity (Wildman–Crippen MR) is 86.7 cm³/mol. The van der Waals surface area contributed by atoms with Crippen molar-refractivity contribution in [1.82, 2.24) is 14.2 Å². The van der Waals surface area contributed by atoms with Gasteiger partial charge in [-0.05, 0) is 31.0 Å². The monoisotopic (exact) mass is 260 g/mol. The minimum Gasteiger partial charge on any atom is -0.363 e. The summed E-state index contributed by atoms with van der Waals surface area (Å²) in [6.07, 6.45) is 4.92. The Morgan fingerprint density at radius 1 is 0.684 bits per heavy atom. The second-order valence-corrected chi connectivity index (χ2v) is 6.06. The van der Waals surface area contributed by atoms with Gasteiger partial charge < -0.3 is 14.2 Å². The summed E-state index contributed by atoms with van der Waals surface area (Å²) in [7, 11) is 6.78. The first kappa shape index (κ1) is 17.1. The molecular weight excluding hydrogens is 231 g/mol. The molecule has 0 amide bonds.